The third-order valence-corrected chi connectivity index (χ3v) is 4.84. The molecule has 0 aromatic heterocycles. The molecule has 2 aromatic rings. The average Bonchev–Trinajstić information content (AvgIpc) is 2.54. The molecule has 0 aliphatic heterocycles. The van der Waals surface area contributed by atoms with Gasteiger partial charge in [-0.15, -0.1) is 0 Å². The number of hydrogen-bond donors (Lipinski definition) is 1. The maximum absolute atomic E-state index is 12.4. The van der Waals surface area contributed by atoms with Crippen molar-refractivity contribution >= 4 is 46.4 Å². The van der Waals surface area contributed by atoms with E-state index in [1.807, 2.05) is 36.4 Å². The molecule has 0 aliphatic carbocycles. The van der Waals surface area contributed by atoms with Crippen molar-refractivity contribution in [1.82, 2.24) is 0 Å². The fourth-order valence-corrected chi connectivity index (χ4v) is 3.19. The van der Waals surface area contributed by atoms with Gasteiger partial charge in [0.05, 0.1) is 0 Å². The van der Waals surface area contributed by atoms with Crippen molar-refractivity contribution in [2.45, 2.75) is 11.5 Å². The minimum Gasteiger partial charge on any atom is -0.289 e. The molecule has 0 saturated heterocycles. The number of rotatable bonds is 6. The fraction of sp³-hybridized carbons (Fsp3) is 0.176. The third-order valence-electron chi connectivity index (χ3n) is 3.11. The molecule has 5 heteroatoms. The number of carbonyl (C=O) groups excluding carboxylic acids is 2. The summed E-state index contributed by atoms with van der Waals surface area (Å²) < 4.78 is -0.203. The lowest BCUT2D eigenvalue weighted by molar-refractivity contribution is 0.103. The van der Waals surface area contributed by atoms with Crippen molar-refractivity contribution in [3.63, 3.8) is 0 Å². The molecule has 0 bridgehead atoms. The molecule has 114 valence electrons. The van der Waals surface area contributed by atoms with Crippen LogP contribution in [0.3, 0.4) is 0 Å². The van der Waals surface area contributed by atoms with Gasteiger partial charge in [0.15, 0.2) is 5.78 Å². The minimum atomic E-state index is -0.203. The van der Waals surface area contributed by atoms with Gasteiger partial charge >= 0.3 is 0 Å². The Kier molecular flexibility index (Phi) is 6.61. The minimum absolute atomic E-state index is 0.0141. The Balaban J connectivity index is 2.07. The van der Waals surface area contributed by atoms with E-state index in [4.69, 9.17) is 0 Å². The quantitative estimate of drug-likeness (QED) is 0.584. The zero-order valence-electron chi connectivity index (χ0n) is 12.1. The molecule has 0 amide bonds. The first kappa shape index (κ1) is 17.2. The molecule has 0 heterocycles. The van der Waals surface area contributed by atoms with E-state index in [1.165, 1.54) is 5.56 Å². The SMILES string of the molecule is CSCc1ccc(C(=O)c2ccc(CSC(=O)S)cc2)cc1. The van der Waals surface area contributed by atoms with E-state index in [1.54, 1.807) is 23.9 Å². The Bertz CT molecular complexity index is 649. The van der Waals surface area contributed by atoms with Crippen molar-refractivity contribution < 1.29 is 9.59 Å². The van der Waals surface area contributed by atoms with E-state index in [9.17, 15) is 9.59 Å². The lowest BCUT2D eigenvalue weighted by Gasteiger charge is -2.04. The molecule has 0 N–H and O–H groups in total. The molecule has 0 atom stereocenters. The Hall–Kier alpha value is -1.17. The molecule has 2 aromatic carbocycles. The maximum Gasteiger partial charge on any atom is 0.243 e. The van der Waals surface area contributed by atoms with Crippen LogP contribution in [0.2, 0.25) is 0 Å². The van der Waals surface area contributed by atoms with Crippen molar-refractivity contribution in [1.29, 1.82) is 0 Å². The standard InChI is InChI=1S/C17H16O2S3/c1-21-10-12-2-6-14(7-3-12)16(18)15-8-4-13(5-9-15)11-22-17(19)20/h2-9H,10-11H2,1H3,(H,19,20). The molecule has 0 spiro atoms. The van der Waals surface area contributed by atoms with Crippen LogP contribution >= 0.6 is 36.2 Å². The van der Waals surface area contributed by atoms with Gasteiger partial charge < -0.3 is 0 Å². The summed E-state index contributed by atoms with van der Waals surface area (Å²) in [5.41, 5.74) is 3.56. The zero-order valence-corrected chi connectivity index (χ0v) is 14.6. The fourth-order valence-electron chi connectivity index (χ4n) is 1.98. The lowest BCUT2D eigenvalue weighted by Crippen LogP contribution is -2.01. The second-order valence-electron chi connectivity index (χ2n) is 4.71. The molecule has 0 radical (unpaired) electrons. The number of ketones is 1. The van der Waals surface area contributed by atoms with E-state index in [-0.39, 0.29) is 10.2 Å². The van der Waals surface area contributed by atoms with E-state index < -0.39 is 0 Å². The van der Waals surface area contributed by atoms with Crippen molar-refractivity contribution in [3.05, 3.63) is 70.8 Å². The van der Waals surface area contributed by atoms with Gasteiger partial charge in [-0.05, 0) is 17.4 Å². The Morgan fingerprint density at radius 3 is 1.73 bits per heavy atom. The number of thioether (sulfide) groups is 2. The molecular weight excluding hydrogens is 332 g/mol. The normalized spacial score (nSPS) is 10.5. The van der Waals surface area contributed by atoms with Crippen LogP contribution < -0.4 is 0 Å². The third kappa shape index (κ3) is 4.93. The summed E-state index contributed by atoms with van der Waals surface area (Å²) in [6.45, 7) is 0. The van der Waals surface area contributed by atoms with Crippen LogP contribution in [0.25, 0.3) is 0 Å². The first-order valence-corrected chi connectivity index (χ1v) is 9.50. The van der Waals surface area contributed by atoms with Gasteiger partial charge in [0.1, 0.15) is 0 Å². The molecule has 0 unspecified atom stereocenters. The van der Waals surface area contributed by atoms with Gasteiger partial charge in [0.25, 0.3) is 0 Å². The molecule has 0 fully saturated rings. The van der Waals surface area contributed by atoms with E-state index in [0.717, 1.165) is 23.1 Å². The summed E-state index contributed by atoms with van der Waals surface area (Å²) in [5, 5.41) is 0. The summed E-state index contributed by atoms with van der Waals surface area (Å²) >= 11 is 6.62. The Labute approximate surface area is 144 Å². The number of benzene rings is 2. The summed E-state index contributed by atoms with van der Waals surface area (Å²) in [6.07, 6.45) is 2.06. The van der Waals surface area contributed by atoms with Gasteiger partial charge in [-0.2, -0.15) is 11.8 Å². The lowest BCUT2D eigenvalue weighted by atomic mass is 10.0. The topological polar surface area (TPSA) is 34.1 Å². The first-order valence-electron chi connectivity index (χ1n) is 6.67. The van der Waals surface area contributed by atoms with Crippen LogP contribution in [0.4, 0.5) is 4.79 Å². The van der Waals surface area contributed by atoms with Crippen LogP contribution in [0.5, 0.6) is 0 Å². The number of hydrogen-bond acceptors (Lipinski definition) is 4. The smallest absolute Gasteiger partial charge is 0.243 e. The van der Waals surface area contributed by atoms with Gasteiger partial charge in [-0.1, -0.05) is 72.9 Å². The Morgan fingerprint density at radius 1 is 0.864 bits per heavy atom. The van der Waals surface area contributed by atoms with E-state index in [2.05, 4.69) is 18.9 Å². The van der Waals surface area contributed by atoms with Gasteiger partial charge in [-0.3, -0.25) is 9.59 Å². The van der Waals surface area contributed by atoms with Crippen LogP contribution in [-0.4, -0.2) is 16.5 Å². The van der Waals surface area contributed by atoms with Crippen LogP contribution in [0, 0.1) is 0 Å². The predicted octanol–water partition coefficient (Wildman–Crippen LogP) is 5.06. The van der Waals surface area contributed by atoms with Crippen LogP contribution in [0.1, 0.15) is 27.0 Å². The number of carbonyl (C=O) groups is 2. The summed E-state index contributed by atoms with van der Waals surface area (Å²) in [7, 11) is 0. The van der Waals surface area contributed by atoms with Gasteiger partial charge in [0.2, 0.25) is 4.45 Å². The molecule has 2 rings (SSSR count). The highest BCUT2D eigenvalue weighted by Gasteiger charge is 2.09. The summed E-state index contributed by atoms with van der Waals surface area (Å²) in [5.74, 6) is 1.53. The molecule has 0 saturated carbocycles. The first-order chi connectivity index (χ1) is 10.6. The van der Waals surface area contributed by atoms with Crippen LogP contribution in [-0.2, 0) is 11.5 Å². The second kappa shape index (κ2) is 8.46. The predicted molar refractivity (Wildman–Crippen MR) is 99.2 cm³/mol. The monoisotopic (exact) mass is 348 g/mol. The molecule has 0 aliphatic rings. The Morgan fingerprint density at radius 2 is 1.32 bits per heavy atom. The van der Waals surface area contributed by atoms with Gasteiger partial charge in [-0.25, -0.2) is 0 Å². The van der Waals surface area contributed by atoms with E-state index in [0.29, 0.717) is 16.9 Å². The highest BCUT2D eigenvalue weighted by atomic mass is 32.2. The largest absolute Gasteiger partial charge is 0.289 e. The van der Waals surface area contributed by atoms with Crippen LogP contribution in [0.15, 0.2) is 48.5 Å². The summed E-state index contributed by atoms with van der Waals surface area (Å²) in [6, 6.07) is 15.1. The molecule has 22 heavy (non-hydrogen) atoms. The van der Waals surface area contributed by atoms with E-state index >= 15 is 0 Å². The van der Waals surface area contributed by atoms with Crippen molar-refractivity contribution in [3.8, 4) is 0 Å². The second-order valence-corrected chi connectivity index (χ2v) is 7.23. The van der Waals surface area contributed by atoms with Gasteiger partial charge in [0, 0.05) is 22.6 Å². The highest BCUT2D eigenvalue weighted by molar-refractivity contribution is 8.31. The molecule has 2 nitrogen and oxygen atoms in total. The average molecular weight is 349 g/mol. The number of thiol groups is 1. The highest BCUT2D eigenvalue weighted by Crippen LogP contribution is 2.18. The maximum atomic E-state index is 12.4. The molecular formula is C17H16O2S3. The zero-order chi connectivity index (χ0) is 15.9. The summed E-state index contributed by atoms with van der Waals surface area (Å²) in [4.78, 5) is 23.2. The van der Waals surface area contributed by atoms with Crippen molar-refractivity contribution in [2.75, 3.05) is 6.26 Å². The van der Waals surface area contributed by atoms with Crippen molar-refractivity contribution in [2.24, 2.45) is 0 Å².